The molecular weight excluding hydrogens is 156 g/mol. The lowest BCUT2D eigenvalue weighted by Crippen LogP contribution is -2.20. The Morgan fingerprint density at radius 2 is 1.54 bits per heavy atom. The maximum Gasteiger partial charge on any atom is -0.0354 e. The molecule has 2 atom stereocenters. The van der Waals surface area contributed by atoms with Gasteiger partial charge in [-0.3, -0.25) is 0 Å². The largest absolute Gasteiger partial charge is 0.0651 e. The van der Waals surface area contributed by atoms with Crippen molar-refractivity contribution in [1.29, 1.82) is 0 Å². The maximum atomic E-state index is 2.40. The van der Waals surface area contributed by atoms with Gasteiger partial charge in [0.25, 0.3) is 0 Å². The second kappa shape index (κ2) is 5.67. The molecule has 0 aliphatic carbocycles. The highest BCUT2D eigenvalue weighted by atomic mass is 14.3. The molecule has 0 fully saturated rings. The summed E-state index contributed by atoms with van der Waals surface area (Å²) >= 11 is 0. The van der Waals surface area contributed by atoms with Crippen LogP contribution in [0.25, 0.3) is 0 Å². The summed E-state index contributed by atoms with van der Waals surface area (Å²) in [5.41, 5.74) is 0.546. The van der Waals surface area contributed by atoms with Gasteiger partial charge in [-0.2, -0.15) is 0 Å². The predicted octanol–water partition coefficient (Wildman–Crippen LogP) is 4.89. The fourth-order valence-electron chi connectivity index (χ4n) is 1.94. The maximum absolute atomic E-state index is 2.40. The van der Waals surface area contributed by atoms with E-state index in [1.54, 1.807) is 0 Å². The van der Waals surface area contributed by atoms with Gasteiger partial charge in [0.15, 0.2) is 0 Å². The average molecular weight is 184 g/mol. The molecule has 0 bridgehead atoms. The summed E-state index contributed by atoms with van der Waals surface area (Å²) in [6.07, 6.45) is 5.38. The van der Waals surface area contributed by atoms with Gasteiger partial charge >= 0.3 is 0 Å². The molecule has 0 aromatic rings. The molecule has 0 aromatic heterocycles. The van der Waals surface area contributed by atoms with Crippen LogP contribution in [0.2, 0.25) is 0 Å². The van der Waals surface area contributed by atoms with Crippen molar-refractivity contribution in [2.24, 2.45) is 17.3 Å². The Balaban J connectivity index is 4.11. The quantitative estimate of drug-likeness (QED) is 0.551. The minimum Gasteiger partial charge on any atom is -0.0651 e. The van der Waals surface area contributed by atoms with E-state index in [0.717, 1.165) is 11.8 Å². The van der Waals surface area contributed by atoms with E-state index in [2.05, 4.69) is 41.5 Å². The SMILES string of the molecule is CCC(C)C(CC)CC(C)(C)CC. The molecule has 0 rings (SSSR count). The summed E-state index contributed by atoms with van der Waals surface area (Å²) in [5.74, 6) is 1.83. The summed E-state index contributed by atoms with van der Waals surface area (Å²) in [6, 6.07) is 0. The summed E-state index contributed by atoms with van der Waals surface area (Å²) in [5, 5.41) is 0. The molecule has 0 aromatic carbocycles. The first kappa shape index (κ1) is 13.0. The van der Waals surface area contributed by atoms with Gasteiger partial charge in [-0.05, 0) is 23.7 Å². The second-order valence-corrected chi connectivity index (χ2v) is 5.28. The molecule has 0 aliphatic heterocycles. The van der Waals surface area contributed by atoms with E-state index in [4.69, 9.17) is 0 Å². The lowest BCUT2D eigenvalue weighted by Gasteiger charge is -2.31. The lowest BCUT2D eigenvalue weighted by molar-refractivity contribution is 0.200. The molecule has 0 saturated heterocycles. The highest BCUT2D eigenvalue weighted by molar-refractivity contribution is 4.74. The number of hydrogen-bond acceptors (Lipinski definition) is 0. The third-order valence-electron chi connectivity index (χ3n) is 3.74. The van der Waals surface area contributed by atoms with E-state index in [-0.39, 0.29) is 0 Å². The highest BCUT2D eigenvalue weighted by Crippen LogP contribution is 2.34. The Bertz CT molecular complexity index is 124. The van der Waals surface area contributed by atoms with Crippen LogP contribution in [-0.2, 0) is 0 Å². The fraction of sp³-hybridized carbons (Fsp3) is 1.00. The van der Waals surface area contributed by atoms with Crippen molar-refractivity contribution in [2.75, 3.05) is 0 Å². The van der Waals surface area contributed by atoms with Gasteiger partial charge in [-0.25, -0.2) is 0 Å². The molecule has 0 nitrogen and oxygen atoms in total. The van der Waals surface area contributed by atoms with E-state index < -0.39 is 0 Å². The van der Waals surface area contributed by atoms with Crippen LogP contribution in [0.15, 0.2) is 0 Å². The summed E-state index contributed by atoms with van der Waals surface area (Å²) in [4.78, 5) is 0. The molecule has 0 heteroatoms. The second-order valence-electron chi connectivity index (χ2n) is 5.28. The number of rotatable bonds is 6. The zero-order chi connectivity index (χ0) is 10.5. The van der Waals surface area contributed by atoms with Crippen molar-refractivity contribution in [3.05, 3.63) is 0 Å². The molecular formula is C13H28. The van der Waals surface area contributed by atoms with Gasteiger partial charge in [-0.15, -0.1) is 0 Å². The van der Waals surface area contributed by atoms with Crippen LogP contribution >= 0.6 is 0 Å². The zero-order valence-corrected chi connectivity index (χ0v) is 10.5. The molecule has 0 heterocycles. The Hall–Kier alpha value is 0. The zero-order valence-electron chi connectivity index (χ0n) is 10.5. The van der Waals surface area contributed by atoms with Crippen LogP contribution < -0.4 is 0 Å². The molecule has 80 valence electrons. The molecule has 0 saturated carbocycles. The first-order valence-corrected chi connectivity index (χ1v) is 5.96. The first-order valence-electron chi connectivity index (χ1n) is 5.96. The van der Waals surface area contributed by atoms with Crippen molar-refractivity contribution >= 4 is 0 Å². The molecule has 0 N–H and O–H groups in total. The minimum absolute atomic E-state index is 0.546. The van der Waals surface area contributed by atoms with Gasteiger partial charge in [0.1, 0.15) is 0 Å². The summed E-state index contributed by atoms with van der Waals surface area (Å²) in [7, 11) is 0. The van der Waals surface area contributed by atoms with Gasteiger partial charge in [0.05, 0.1) is 0 Å². The number of hydrogen-bond donors (Lipinski definition) is 0. The lowest BCUT2D eigenvalue weighted by atomic mass is 9.75. The predicted molar refractivity (Wildman–Crippen MR) is 61.9 cm³/mol. The topological polar surface area (TPSA) is 0 Å². The standard InChI is InChI=1S/C13H28/c1-7-11(4)12(8-2)10-13(5,6)9-3/h11-12H,7-10H2,1-6H3. The van der Waals surface area contributed by atoms with Crippen LogP contribution in [-0.4, -0.2) is 0 Å². The van der Waals surface area contributed by atoms with E-state index in [1.807, 2.05) is 0 Å². The van der Waals surface area contributed by atoms with Crippen molar-refractivity contribution in [1.82, 2.24) is 0 Å². The van der Waals surface area contributed by atoms with Crippen molar-refractivity contribution in [3.63, 3.8) is 0 Å². The Morgan fingerprint density at radius 3 is 1.85 bits per heavy atom. The Kier molecular flexibility index (Phi) is 5.67. The summed E-state index contributed by atoms with van der Waals surface area (Å²) in [6.45, 7) is 14.2. The Morgan fingerprint density at radius 1 is 1.00 bits per heavy atom. The minimum atomic E-state index is 0.546. The normalized spacial score (nSPS) is 17.1. The fourth-order valence-corrected chi connectivity index (χ4v) is 1.94. The molecule has 0 radical (unpaired) electrons. The van der Waals surface area contributed by atoms with Crippen LogP contribution in [0, 0.1) is 17.3 Å². The van der Waals surface area contributed by atoms with Crippen LogP contribution in [0.1, 0.15) is 67.2 Å². The van der Waals surface area contributed by atoms with Crippen LogP contribution in [0.4, 0.5) is 0 Å². The monoisotopic (exact) mass is 184 g/mol. The van der Waals surface area contributed by atoms with Gasteiger partial charge < -0.3 is 0 Å². The van der Waals surface area contributed by atoms with E-state index in [1.165, 1.54) is 25.7 Å². The van der Waals surface area contributed by atoms with Crippen molar-refractivity contribution < 1.29 is 0 Å². The van der Waals surface area contributed by atoms with E-state index in [0.29, 0.717) is 5.41 Å². The molecule has 0 aliphatic rings. The third kappa shape index (κ3) is 4.69. The molecule has 0 spiro atoms. The highest BCUT2D eigenvalue weighted by Gasteiger charge is 2.23. The van der Waals surface area contributed by atoms with E-state index >= 15 is 0 Å². The first-order chi connectivity index (χ1) is 5.96. The molecule has 13 heavy (non-hydrogen) atoms. The smallest absolute Gasteiger partial charge is 0.0354 e. The van der Waals surface area contributed by atoms with Crippen molar-refractivity contribution in [2.45, 2.75) is 67.2 Å². The Labute approximate surface area is 85.1 Å². The van der Waals surface area contributed by atoms with Gasteiger partial charge in [0, 0.05) is 0 Å². The summed E-state index contributed by atoms with van der Waals surface area (Å²) < 4.78 is 0. The van der Waals surface area contributed by atoms with Crippen LogP contribution in [0.3, 0.4) is 0 Å². The van der Waals surface area contributed by atoms with Gasteiger partial charge in [-0.1, -0.05) is 60.8 Å². The molecule has 0 amide bonds. The van der Waals surface area contributed by atoms with Crippen LogP contribution in [0.5, 0.6) is 0 Å². The molecule has 2 unspecified atom stereocenters. The van der Waals surface area contributed by atoms with E-state index in [9.17, 15) is 0 Å². The van der Waals surface area contributed by atoms with Crippen molar-refractivity contribution in [3.8, 4) is 0 Å². The van der Waals surface area contributed by atoms with Gasteiger partial charge in [0.2, 0.25) is 0 Å². The average Bonchev–Trinajstić information content (AvgIpc) is 2.13. The third-order valence-corrected chi connectivity index (χ3v) is 3.74.